The number of benzene rings is 1. The van der Waals surface area contributed by atoms with Crippen LogP contribution in [0.4, 0.5) is 10.5 Å². The lowest BCUT2D eigenvalue weighted by atomic mass is 10.1. The molecule has 0 bridgehead atoms. The third-order valence-corrected chi connectivity index (χ3v) is 3.11. The minimum atomic E-state index is -0.920. The second kappa shape index (κ2) is 6.61. The molecule has 0 radical (unpaired) electrons. The van der Waals surface area contributed by atoms with Crippen molar-refractivity contribution < 1.29 is 9.59 Å². The Kier molecular flexibility index (Phi) is 5.44. The van der Waals surface area contributed by atoms with E-state index >= 15 is 0 Å². The number of imide groups is 1. The Balaban J connectivity index is 2.62. The summed E-state index contributed by atoms with van der Waals surface area (Å²) >= 11 is 11.0. The molecular weight excluding hydrogens is 275 g/mol. The Morgan fingerprint density at radius 3 is 2.56 bits per heavy atom. The summed E-state index contributed by atoms with van der Waals surface area (Å²) in [6, 6.07) is 4.95. The van der Waals surface area contributed by atoms with Crippen molar-refractivity contribution in [2.75, 3.05) is 11.2 Å². The quantitative estimate of drug-likeness (QED) is 0.841. The highest BCUT2D eigenvalue weighted by Crippen LogP contribution is 2.15. The van der Waals surface area contributed by atoms with Crippen LogP contribution >= 0.6 is 23.2 Å². The second-order valence-electron chi connectivity index (χ2n) is 3.88. The van der Waals surface area contributed by atoms with Gasteiger partial charge in [0.15, 0.2) is 0 Å². The van der Waals surface area contributed by atoms with Gasteiger partial charge in [0.25, 0.3) is 0 Å². The van der Waals surface area contributed by atoms with Gasteiger partial charge in [-0.1, -0.05) is 17.7 Å². The highest BCUT2D eigenvalue weighted by molar-refractivity contribution is 6.36. The van der Waals surface area contributed by atoms with Gasteiger partial charge in [-0.05, 0) is 25.5 Å². The number of halogens is 2. The molecule has 1 rings (SSSR count). The SMILES string of the molecule is Cc1ccc(NC(=O)NC(=O)C(Cl)CCl)c(C)c1. The fourth-order valence-corrected chi connectivity index (χ4v) is 1.56. The van der Waals surface area contributed by atoms with E-state index in [0.717, 1.165) is 11.1 Å². The molecule has 0 saturated heterocycles. The summed E-state index contributed by atoms with van der Waals surface area (Å²) in [5.74, 6) is -0.668. The molecule has 0 fully saturated rings. The first-order valence-electron chi connectivity index (χ1n) is 5.33. The molecule has 4 nitrogen and oxygen atoms in total. The van der Waals surface area contributed by atoms with Gasteiger partial charge in [0, 0.05) is 11.6 Å². The number of urea groups is 1. The molecule has 1 aromatic carbocycles. The molecule has 1 aromatic rings. The Hall–Kier alpha value is -1.26. The van der Waals surface area contributed by atoms with Crippen molar-refractivity contribution in [1.29, 1.82) is 0 Å². The molecule has 3 amide bonds. The lowest BCUT2D eigenvalue weighted by molar-refractivity contribution is -0.119. The number of anilines is 1. The molecule has 0 aliphatic rings. The maximum Gasteiger partial charge on any atom is 0.325 e. The predicted octanol–water partition coefficient (Wildman–Crippen LogP) is 2.80. The predicted molar refractivity (Wildman–Crippen MR) is 73.4 cm³/mol. The van der Waals surface area contributed by atoms with E-state index in [1.807, 2.05) is 26.0 Å². The van der Waals surface area contributed by atoms with Crippen molar-refractivity contribution in [2.24, 2.45) is 0 Å². The first kappa shape index (κ1) is 14.8. The number of hydrogen-bond acceptors (Lipinski definition) is 2. The second-order valence-corrected chi connectivity index (χ2v) is 4.72. The number of aryl methyl sites for hydroxylation is 2. The Morgan fingerprint density at radius 2 is 2.00 bits per heavy atom. The summed E-state index contributed by atoms with van der Waals surface area (Å²) in [6.07, 6.45) is 0. The van der Waals surface area contributed by atoms with E-state index in [9.17, 15) is 9.59 Å². The zero-order valence-electron chi connectivity index (χ0n) is 10.1. The number of rotatable bonds is 3. The molecule has 0 aromatic heterocycles. The number of hydrogen-bond donors (Lipinski definition) is 2. The standard InChI is InChI=1S/C12H14Cl2N2O2/c1-7-3-4-10(8(2)5-7)15-12(18)16-11(17)9(14)6-13/h3-5,9H,6H2,1-2H3,(H2,15,16,17,18). The van der Waals surface area contributed by atoms with Crippen LogP contribution in [0.1, 0.15) is 11.1 Å². The fourth-order valence-electron chi connectivity index (χ4n) is 1.37. The van der Waals surface area contributed by atoms with Crippen LogP contribution < -0.4 is 10.6 Å². The molecule has 18 heavy (non-hydrogen) atoms. The lowest BCUT2D eigenvalue weighted by Crippen LogP contribution is -2.39. The number of carbonyl (C=O) groups is 2. The largest absolute Gasteiger partial charge is 0.325 e. The average molecular weight is 289 g/mol. The van der Waals surface area contributed by atoms with E-state index in [4.69, 9.17) is 23.2 Å². The van der Waals surface area contributed by atoms with Crippen molar-refractivity contribution in [1.82, 2.24) is 5.32 Å². The van der Waals surface area contributed by atoms with Gasteiger partial charge in [-0.2, -0.15) is 0 Å². The normalized spacial score (nSPS) is 11.8. The summed E-state index contributed by atoms with van der Waals surface area (Å²) in [7, 11) is 0. The minimum absolute atomic E-state index is 0.0514. The first-order chi connectivity index (χ1) is 8.43. The van der Waals surface area contributed by atoms with Crippen LogP contribution in [0.25, 0.3) is 0 Å². The van der Waals surface area contributed by atoms with Crippen LogP contribution in [0, 0.1) is 13.8 Å². The van der Waals surface area contributed by atoms with E-state index in [1.165, 1.54) is 0 Å². The number of carbonyl (C=O) groups excluding carboxylic acids is 2. The summed E-state index contributed by atoms with van der Waals surface area (Å²) in [6.45, 7) is 3.83. The number of nitrogens with one attached hydrogen (secondary N) is 2. The summed E-state index contributed by atoms with van der Waals surface area (Å²) in [5.41, 5.74) is 2.65. The van der Waals surface area contributed by atoms with Gasteiger partial charge in [-0.3, -0.25) is 10.1 Å². The van der Waals surface area contributed by atoms with Crippen LogP contribution in [0.5, 0.6) is 0 Å². The lowest BCUT2D eigenvalue weighted by Gasteiger charge is -2.10. The molecule has 1 atom stereocenters. The van der Waals surface area contributed by atoms with Crippen molar-refractivity contribution in [3.05, 3.63) is 29.3 Å². The van der Waals surface area contributed by atoms with Gasteiger partial charge >= 0.3 is 6.03 Å². The monoisotopic (exact) mass is 288 g/mol. The molecule has 0 spiro atoms. The Labute approximate surface area is 116 Å². The maximum absolute atomic E-state index is 11.5. The highest BCUT2D eigenvalue weighted by Gasteiger charge is 2.16. The highest BCUT2D eigenvalue weighted by atomic mass is 35.5. The molecule has 0 heterocycles. The van der Waals surface area contributed by atoms with Crippen LogP contribution in [0.2, 0.25) is 0 Å². The van der Waals surface area contributed by atoms with Gasteiger partial charge < -0.3 is 5.32 Å². The molecule has 0 saturated carbocycles. The van der Waals surface area contributed by atoms with Crippen LogP contribution in [0.3, 0.4) is 0 Å². The fraction of sp³-hybridized carbons (Fsp3) is 0.333. The third-order valence-electron chi connectivity index (χ3n) is 2.29. The first-order valence-corrected chi connectivity index (χ1v) is 6.30. The van der Waals surface area contributed by atoms with E-state index in [1.54, 1.807) is 6.07 Å². The maximum atomic E-state index is 11.5. The van der Waals surface area contributed by atoms with E-state index < -0.39 is 17.3 Å². The van der Waals surface area contributed by atoms with Crippen molar-refractivity contribution in [3.8, 4) is 0 Å². The van der Waals surface area contributed by atoms with Crippen LogP contribution in [-0.4, -0.2) is 23.2 Å². The molecular formula is C12H14Cl2N2O2. The van der Waals surface area contributed by atoms with Crippen molar-refractivity contribution in [2.45, 2.75) is 19.2 Å². The van der Waals surface area contributed by atoms with Crippen molar-refractivity contribution in [3.63, 3.8) is 0 Å². The molecule has 1 unspecified atom stereocenters. The zero-order valence-corrected chi connectivity index (χ0v) is 11.6. The molecule has 0 aliphatic heterocycles. The molecule has 0 aliphatic carbocycles. The molecule has 2 N–H and O–H groups in total. The minimum Gasteiger partial charge on any atom is -0.307 e. The molecule has 98 valence electrons. The number of alkyl halides is 2. The van der Waals surface area contributed by atoms with Crippen LogP contribution in [-0.2, 0) is 4.79 Å². The summed E-state index contributed by atoms with van der Waals surface area (Å²) in [5, 5.41) is 3.77. The van der Waals surface area contributed by atoms with Crippen LogP contribution in [0.15, 0.2) is 18.2 Å². The van der Waals surface area contributed by atoms with Gasteiger partial charge in [0.05, 0.1) is 0 Å². The third kappa shape index (κ3) is 4.20. The van der Waals surface area contributed by atoms with E-state index in [2.05, 4.69) is 10.6 Å². The number of amides is 3. The van der Waals surface area contributed by atoms with E-state index in [0.29, 0.717) is 5.69 Å². The summed E-state index contributed by atoms with van der Waals surface area (Å²) < 4.78 is 0. The van der Waals surface area contributed by atoms with Crippen molar-refractivity contribution >= 4 is 40.8 Å². The molecule has 6 heteroatoms. The Morgan fingerprint density at radius 1 is 1.33 bits per heavy atom. The van der Waals surface area contributed by atoms with Gasteiger partial charge in [-0.25, -0.2) is 4.79 Å². The smallest absolute Gasteiger partial charge is 0.307 e. The Bertz CT molecular complexity index is 463. The van der Waals surface area contributed by atoms with E-state index in [-0.39, 0.29) is 5.88 Å². The zero-order chi connectivity index (χ0) is 13.7. The average Bonchev–Trinajstić information content (AvgIpc) is 2.31. The van der Waals surface area contributed by atoms with Gasteiger partial charge in [0.2, 0.25) is 5.91 Å². The van der Waals surface area contributed by atoms with Gasteiger partial charge in [-0.15, -0.1) is 23.2 Å². The summed E-state index contributed by atoms with van der Waals surface area (Å²) in [4.78, 5) is 22.9. The van der Waals surface area contributed by atoms with Gasteiger partial charge in [0.1, 0.15) is 5.38 Å². The topological polar surface area (TPSA) is 58.2 Å².